The van der Waals surface area contributed by atoms with Crippen LogP contribution in [0.4, 0.5) is 0 Å². The summed E-state index contributed by atoms with van der Waals surface area (Å²) in [5.74, 6) is 0. The van der Waals surface area contributed by atoms with Crippen molar-refractivity contribution in [1.82, 2.24) is 10.3 Å². The molecule has 100 valence electrons. The molecular weight excluding hydrogens is 368 g/mol. The van der Waals surface area contributed by atoms with Crippen molar-refractivity contribution in [2.24, 2.45) is 0 Å². The van der Waals surface area contributed by atoms with Crippen molar-refractivity contribution >= 4 is 31.9 Å². The van der Waals surface area contributed by atoms with Crippen molar-refractivity contribution in [2.45, 2.75) is 19.4 Å². The van der Waals surface area contributed by atoms with E-state index in [0.29, 0.717) is 0 Å². The summed E-state index contributed by atoms with van der Waals surface area (Å²) in [6.07, 6.45) is 2.71. The second-order valence-corrected chi connectivity index (χ2v) is 6.29. The number of likely N-dealkylation sites (N-methyl/N-ethyl adjacent to an activating group) is 1. The number of halogens is 2. The molecule has 0 amide bonds. The summed E-state index contributed by atoms with van der Waals surface area (Å²) in [7, 11) is 1.98. The Kier molecular flexibility index (Phi) is 5.13. The Bertz CT molecular complexity index is 553. The Balaban J connectivity index is 2.19. The SMILES string of the molecule is CNC(Cc1ccc(Br)cn1)c1ccc(C)c(Br)c1. The van der Waals surface area contributed by atoms with E-state index in [1.165, 1.54) is 11.1 Å². The standard InChI is InChI=1S/C15H16Br2N2/c1-10-3-4-11(7-14(10)17)15(18-2)8-13-6-5-12(16)9-19-13/h3-7,9,15,18H,8H2,1-2H3. The van der Waals surface area contributed by atoms with Gasteiger partial charge in [0.25, 0.3) is 0 Å². The van der Waals surface area contributed by atoms with Crippen molar-refractivity contribution < 1.29 is 0 Å². The third-order valence-electron chi connectivity index (χ3n) is 3.15. The highest BCUT2D eigenvalue weighted by molar-refractivity contribution is 9.10. The minimum atomic E-state index is 0.269. The Hall–Kier alpha value is -0.710. The first-order chi connectivity index (χ1) is 9.10. The molecule has 0 saturated carbocycles. The number of aryl methyl sites for hydroxylation is 1. The van der Waals surface area contributed by atoms with E-state index in [0.717, 1.165) is 21.1 Å². The maximum atomic E-state index is 4.43. The lowest BCUT2D eigenvalue weighted by Crippen LogP contribution is -2.19. The quantitative estimate of drug-likeness (QED) is 0.845. The van der Waals surface area contributed by atoms with Crippen LogP contribution in [0.5, 0.6) is 0 Å². The highest BCUT2D eigenvalue weighted by Crippen LogP contribution is 2.24. The largest absolute Gasteiger partial charge is 0.313 e. The number of hydrogen-bond acceptors (Lipinski definition) is 2. The molecule has 0 saturated heterocycles. The molecule has 1 aromatic heterocycles. The first-order valence-electron chi connectivity index (χ1n) is 6.14. The number of nitrogens with zero attached hydrogens (tertiary/aromatic N) is 1. The van der Waals surface area contributed by atoms with Crippen LogP contribution >= 0.6 is 31.9 Å². The molecule has 0 radical (unpaired) electrons. The van der Waals surface area contributed by atoms with Crippen LogP contribution in [0.2, 0.25) is 0 Å². The number of nitrogens with one attached hydrogen (secondary N) is 1. The first kappa shape index (κ1) is 14.7. The van der Waals surface area contributed by atoms with Gasteiger partial charge in [-0.1, -0.05) is 28.1 Å². The van der Waals surface area contributed by atoms with E-state index in [4.69, 9.17) is 0 Å². The van der Waals surface area contributed by atoms with Crippen molar-refractivity contribution in [1.29, 1.82) is 0 Å². The van der Waals surface area contributed by atoms with Gasteiger partial charge >= 0.3 is 0 Å². The van der Waals surface area contributed by atoms with Crippen LogP contribution in [-0.4, -0.2) is 12.0 Å². The summed E-state index contributed by atoms with van der Waals surface area (Å²) < 4.78 is 2.16. The Morgan fingerprint density at radius 1 is 1.21 bits per heavy atom. The van der Waals surface area contributed by atoms with Gasteiger partial charge in [-0.15, -0.1) is 0 Å². The molecule has 0 bridgehead atoms. The summed E-state index contributed by atoms with van der Waals surface area (Å²) in [5.41, 5.74) is 3.60. The zero-order valence-corrected chi connectivity index (χ0v) is 14.1. The topological polar surface area (TPSA) is 24.9 Å². The van der Waals surface area contributed by atoms with Gasteiger partial charge in [-0.05, 0) is 59.2 Å². The van der Waals surface area contributed by atoms with Crippen LogP contribution in [0.3, 0.4) is 0 Å². The molecule has 2 rings (SSSR count). The summed E-state index contributed by atoms with van der Waals surface area (Å²) in [6, 6.07) is 10.8. The molecule has 1 unspecified atom stereocenters. The monoisotopic (exact) mass is 382 g/mol. The van der Waals surface area contributed by atoms with Gasteiger partial charge in [0.15, 0.2) is 0 Å². The van der Waals surface area contributed by atoms with E-state index in [1.54, 1.807) is 0 Å². The van der Waals surface area contributed by atoms with Gasteiger partial charge in [0, 0.05) is 33.3 Å². The molecule has 0 fully saturated rings. The van der Waals surface area contributed by atoms with Crippen LogP contribution in [0.15, 0.2) is 45.5 Å². The van der Waals surface area contributed by atoms with Crippen molar-refractivity contribution in [3.8, 4) is 0 Å². The highest BCUT2D eigenvalue weighted by Gasteiger charge is 2.12. The Labute approximate surface area is 130 Å². The number of pyridine rings is 1. The lowest BCUT2D eigenvalue weighted by Gasteiger charge is -2.17. The van der Waals surface area contributed by atoms with Gasteiger partial charge in [0.05, 0.1) is 0 Å². The minimum Gasteiger partial charge on any atom is -0.313 e. The van der Waals surface area contributed by atoms with Crippen LogP contribution in [-0.2, 0) is 6.42 Å². The average Bonchev–Trinajstić information content (AvgIpc) is 2.41. The second kappa shape index (κ2) is 6.64. The summed E-state index contributed by atoms with van der Waals surface area (Å²) in [6.45, 7) is 2.10. The Morgan fingerprint density at radius 3 is 2.58 bits per heavy atom. The van der Waals surface area contributed by atoms with E-state index < -0.39 is 0 Å². The molecule has 1 atom stereocenters. The third kappa shape index (κ3) is 3.88. The van der Waals surface area contributed by atoms with Crippen molar-refractivity contribution in [3.05, 3.63) is 62.3 Å². The van der Waals surface area contributed by atoms with Crippen molar-refractivity contribution in [2.75, 3.05) is 7.05 Å². The number of hydrogen-bond donors (Lipinski definition) is 1. The lowest BCUT2D eigenvalue weighted by molar-refractivity contribution is 0.584. The van der Waals surface area contributed by atoms with Crippen LogP contribution in [0.25, 0.3) is 0 Å². The van der Waals surface area contributed by atoms with E-state index in [9.17, 15) is 0 Å². The second-order valence-electron chi connectivity index (χ2n) is 4.52. The van der Waals surface area contributed by atoms with Crippen LogP contribution in [0, 0.1) is 6.92 Å². The van der Waals surface area contributed by atoms with Gasteiger partial charge in [0.2, 0.25) is 0 Å². The number of benzene rings is 1. The smallest absolute Gasteiger partial charge is 0.0423 e. The number of aromatic nitrogens is 1. The molecule has 0 aliphatic heterocycles. The molecule has 19 heavy (non-hydrogen) atoms. The first-order valence-corrected chi connectivity index (χ1v) is 7.72. The van der Waals surface area contributed by atoms with Gasteiger partial charge < -0.3 is 5.32 Å². The predicted octanol–water partition coefficient (Wildman–Crippen LogP) is 4.42. The molecule has 4 heteroatoms. The fourth-order valence-corrected chi connectivity index (χ4v) is 2.58. The van der Waals surface area contributed by atoms with Gasteiger partial charge in [-0.2, -0.15) is 0 Å². The van der Waals surface area contributed by atoms with Gasteiger partial charge in [0.1, 0.15) is 0 Å². The maximum absolute atomic E-state index is 4.43. The van der Waals surface area contributed by atoms with E-state index in [1.807, 2.05) is 19.3 Å². The van der Waals surface area contributed by atoms with Crippen LogP contribution < -0.4 is 5.32 Å². The predicted molar refractivity (Wildman–Crippen MR) is 86.3 cm³/mol. The number of rotatable bonds is 4. The fraction of sp³-hybridized carbons (Fsp3) is 0.267. The summed E-state index contributed by atoms with van der Waals surface area (Å²) >= 11 is 7.00. The fourth-order valence-electron chi connectivity index (χ4n) is 1.95. The minimum absolute atomic E-state index is 0.269. The zero-order chi connectivity index (χ0) is 13.8. The molecule has 2 nitrogen and oxygen atoms in total. The van der Waals surface area contributed by atoms with Gasteiger partial charge in [-0.25, -0.2) is 0 Å². The highest BCUT2D eigenvalue weighted by atomic mass is 79.9. The average molecular weight is 384 g/mol. The Morgan fingerprint density at radius 2 is 2.00 bits per heavy atom. The van der Waals surface area contributed by atoms with Gasteiger partial charge in [-0.3, -0.25) is 4.98 Å². The van der Waals surface area contributed by atoms with Crippen molar-refractivity contribution in [3.63, 3.8) is 0 Å². The molecule has 2 aromatic rings. The molecule has 1 N–H and O–H groups in total. The van der Waals surface area contributed by atoms with Crippen LogP contribution in [0.1, 0.15) is 22.9 Å². The van der Waals surface area contributed by atoms with E-state index >= 15 is 0 Å². The molecular formula is C15H16Br2N2. The van der Waals surface area contributed by atoms with E-state index in [-0.39, 0.29) is 6.04 Å². The molecule has 1 heterocycles. The summed E-state index contributed by atoms with van der Waals surface area (Å²) in [4.78, 5) is 4.43. The molecule has 0 aliphatic carbocycles. The lowest BCUT2D eigenvalue weighted by atomic mass is 10.0. The van der Waals surface area contributed by atoms with E-state index in [2.05, 4.69) is 73.3 Å². The normalized spacial score (nSPS) is 12.4. The zero-order valence-electron chi connectivity index (χ0n) is 11.0. The maximum Gasteiger partial charge on any atom is 0.0423 e. The third-order valence-corrected chi connectivity index (χ3v) is 4.47. The molecule has 1 aromatic carbocycles. The molecule has 0 spiro atoms. The molecule has 0 aliphatic rings. The summed E-state index contributed by atoms with van der Waals surface area (Å²) in [5, 5.41) is 3.36.